The normalized spacial score (nSPS) is 22.7. The first-order chi connectivity index (χ1) is 32.9. The third-order valence-electron chi connectivity index (χ3n) is 14.3. The molecule has 2 bridgehead atoms. The fourth-order valence-corrected chi connectivity index (χ4v) is 9.77. The summed E-state index contributed by atoms with van der Waals surface area (Å²) in [7, 11) is 0.415. The van der Waals surface area contributed by atoms with E-state index in [2.05, 4.69) is 64.8 Å². The lowest BCUT2D eigenvalue weighted by Gasteiger charge is -2.64. The highest BCUT2D eigenvalue weighted by Crippen LogP contribution is 2.65. The van der Waals surface area contributed by atoms with Gasteiger partial charge in [0.25, 0.3) is 5.91 Å². The minimum Gasteiger partial charge on any atom is -0.404 e. The van der Waals surface area contributed by atoms with Gasteiger partial charge in [-0.2, -0.15) is 0 Å². The molecule has 0 spiro atoms. The van der Waals surface area contributed by atoms with E-state index in [4.69, 9.17) is 15.0 Å². The number of nitrogens with zero attached hydrogens (tertiary/aromatic N) is 1. The number of amides is 8. The van der Waals surface area contributed by atoms with Crippen molar-refractivity contribution in [2.75, 3.05) is 20.2 Å². The highest BCUT2D eigenvalue weighted by Gasteiger charge is 2.68. The second-order valence-electron chi connectivity index (χ2n) is 19.8. The lowest BCUT2D eigenvalue weighted by molar-refractivity contribution is -0.199. The first kappa shape index (κ1) is 55.0. The van der Waals surface area contributed by atoms with E-state index in [1.54, 1.807) is 31.2 Å². The molecule has 0 aromatic heterocycles. The predicted molar refractivity (Wildman–Crippen MR) is 259 cm³/mol. The molecule has 4 aliphatic rings. The smallest absolute Gasteiger partial charge is 0.404 e. The number of nitrogens with one attached hydrogen (secondary N) is 6. The molecule has 11 atom stereocenters. The quantitative estimate of drug-likeness (QED) is 0.0678. The monoisotopic (exact) mass is 975 g/mol. The van der Waals surface area contributed by atoms with Crippen LogP contribution >= 0.6 is 0 Å². The predicted octanol–water partition coefficient (Wildman–Crippen LogP) is 0.253. The van der Waals surface area contributed by atoms with Crippen LogP contribution in [0.5, 0.6) is 0 Å². The zero-order chi connectivity index (χ0) is 51.8. The topological polar surface area (TPSA) is 297 Å². The Labute approximate surface area is 409 Å². The number of hydrogen-bond donors (Lipinski definition) is 9. The van der Waals surface area contributed by atoms with E-state index in [1.165, 1.54) is 33.4 Å². The molecule has 1 saturated heterocycles. The molecule has 2 aromatic rings. The standard InChI is InChI=1S/C49H71BN8O12/c1-10-11-12-30-13-15-31(16-14-30)32-17-19-33(20-18-32)44(65)57-36(25-59)46(67)53-26(2)42(63)52-24-40(62)58(9)41(28(4)60)47(68)54-27(3)43(64)56-35(23-39(51)61)45(66)55-29(5)50-69-38-22-34-21-37(48(34,6)7)49(38,8)70-50/h13-20,26-29,34-38,41,59-60H,10-12,21-25H2,1-9H3,(H2,51,61)(H,52,63)(H,53,67)(H,54,68)(H,55,66)(H,56,64)(H,57,65)/t26-,27+,28?,29+,34+,35+,36-,37+,38?,41+,49+/m1/s1. The third kappa shape index (κ3) is 12.9. The van der Waals surface area contributed by atoms with Gasteiger partial charge in [-0.3, -0.25) is 38.4 Å². The SMILES string of the molecule is CCCCc1ccc(-c2ccc(C(=O)N[C@H](CO)C(=O)N[C@H](C)C(=O)NCC(=O)N(C)[C@H](C(=O)N[C@@H](C)C(=O)N[C@@H](CC(N)=O)C(=O)N[C@@H](C)B3OC4C[C@@H]5C[C@@H](C5(C)C)[C@]4(C)O3)C(C)O)cc2)cc1. The lowest BCUT2D eigenvalue weighted by atomic mass is 9.43. The Morgan fingerprint density at radius 3 is 1.94 bits per heavy atom. The molecule has 21 heteroatoms. The molecule has 6 rings (SSSR count). The number of unbranched alkanes of at least 4 members (excludes halogenated alkanes) is 1. The van der Waals surface area contributed by atoms with Crippen LogP contribution in [0.1, 0.15) is 103 Å². The molecule has 1 heterocycles. The molecule has 8 amide bonds. The molecule has 70 heavy (non-hydrogen) atoms. The van der Waals surface area contributed by atoms with Crippen molar-refractivity contribution in [3.05, 3.63) is 59.7 Å². The number of carbonyl (C=O) groups excluding carboxylic acids is 8. The Kier molecular flexibility index (Phi) is 18.4. The van der Waals surface area contributed by atoms with Crippen LogP contribution in [0.25, 0.3) is 11.1 Å². The number of aliphatic hydroxyl groups excluding tert-OH is 2. The first-order valence-corrected chi connectivity index (χ1v) is 24.1. The van der Waals surface area contributed by atoms with Crippen molar-refractivity contribution in [3.63, 3.8) is 0 Å². The van der Waals surface area contributed by atoms with Gasteiger partial charge >= 0.3 is 7.12 Å². The van der Waals surface area contributed by atoms with Gasteiger partial charge < -0.3 is 62.1 Å². The zero-order valence-electron chi connectivity index (χ0n) is 41.6. The van der Waals surface area contributed by atoms with Gasteiger partial charge in [0.05, 0.1) is 43.3 Å². The van der Waals surface area contributed by atoms with Crippen LogP contribution in [-0.2, 0) is 49.3 Å². The second-order valence-corrected chi connectivity index (χ2v) is 19.8. The number of primary amides is 1. The van der Waals surface area contributed by atoms with E-state index in [0.29, 0.717) is 5.92 Å². The number of rotatable bonds is 23. The molecule has 1 aliphatic heterocycles. The van der Waals surface area contributed by atoms with Crippen LogP contribution in [-0.4, -0.2) is 144 Å². The maximum atomic E-state index is 13.5. The van der Waals surface area contributed by atoms with Gasteiger partial charge in [-0.15, -0.1) is 0 Å². The summed E-state index contributed by atoms with van der Waals surface area (Å²) in [4.78, 5) is 105. The van der Waals surface area contributed by atoms with Gasteiger partial charge in [-0.1, -0.05) is 63.6 Å². The Balaban J connectivity index is 1.07. The van der Waals surface area contributed by atoms with Gasteiger partial charge in [0, 0.05) is 12.6 Å². The van der Waals surface area contributed by atoms with Gasteiger partial charge in [0.1, 0.15) is 30.2 Å². The minimum atomic E-state index is -1.57. The number of aliphatic hydroxyl groups is 2. The van der Waals surface area contributed by atoms with Crippen LogP contribution < -0.4 is 37.6 Å². The molecule has 382 valence electrons. The van der Waals surface area contributed by atoms with E-state index in [9.17, 15) is 48.6 Å². The average Bonchev–Trinajstić information content (AvgIpc) is 3.68. The van der Waals surface area contributed by atoms with Crippen molar-refractivity contribution in [2.45, 2.75) is 148 Å². The molecule has 2 unspecified atom stereocenters. The van der Waals surface area contributed by atoms with Crippen molar-refractivity contribution >= 4 is 54.4 Å². The number of aryl methyl sites for hydroxylation is 1. The number of nitrogens with two attached hydrogens (primary N) is 1. The summed E-state index contributed by atoms with van der Waals surface area (Å²) in [5.74, 6) is -6.51. The maximum Gasteiger partial charge on any atom is 0.481 e. The highest BCUT2D eigenvalue weighted by molar-refractivity contribution is 6.47. The van der Waals surface area contributed by atoms with Crippen molar-refractivity contribution in [1.82, 2.24) is 36.8 Å². The van der Waals surface area contributed by atoms with Crippen molar-refractivity contribution in [3.8, 4) is 11.1 Å². The molecule has 0 radical (unpaired) electrons. The maximum absolute atomic E-state index is 13.5. The van der Waals surface area contributed by atoms with Crippen LogP contribution in [0.2, 0.25) is 0 Å². The van der Waals surface area contributed by atoms with Crippen LogP contribution in [0.3, 0.4) is 0 Å². The minimum absolute atomic E-state index is 0.104. The summed E-state index contributed by atoms with van der Waals surface area (Å²) in [6.45, 7) is 12.7. The summed E-state index contributed by atoms with van der Waals surface area (Å²) in [6.07, 6.45) is 2.89. The molecule has 20 nitrogen and oxygen atoms in total. The van der Waals surface area contributed by atoms with Gasteiger partial charge in [0.15, 0.2) is 0 Å². The second kappa shape index (κ2) is 23.3. The summed E-state index contributed by atoms with van der Waals surface area (Å²) in [5.41, 5.74) is 8.34. The summed E-state index contributed by atoms with van der Waals surface area (Å²) >= 11 is 0. The van der Waals surface area contributed by atoms with E-state index in [-0.39, 0.29) is 23.0 Å². The van der Waals surface area contributed by atoms with Crippen molar-refractivity contribution in [1.29, 1.82) is 0 Å². The Morgan fingerprint density at radius 2 is 1.37 bits per heavy atom. The number of hydrogen-bond acceptors (Lipinski definition) is 12. The summed E-state index contributed by atoms with van der Waals surface area (Å²) in [5, 5.41) is 35.3. The molecular weight excluding hydrogens is 903 g/mol. The van der Waals surface area contributed by atoms with Gasteiger partial charge in [-0.05, 0) is 106 Å². The van der Waals surface area contributed by atoms with Gasteiger partial charge in [-0.25, -0.2) is 0 Å². The molecule has 4 fully saturated rings. The molecule has 3 saturated carbocycles. The largest absolute Gasteiger partial charge is 0.481 e. The Bertz CT molecular complexity index is 2250. The number of likely N-dealkylation sites (N-methyl/N-ethyl adjacent to an activating group) is 1. The highest BCUT2D eigenvalue weighted by atomic mass is 16.7. The van der Waals surface area contributed by atoms with E-state index in [1.807, 2.05) is 19.1 Å². The van der Waals surface area contributed by atoms with Crippen LogP contribution in [0.4, 0.5) is 0 Å². The lowest BCUT2D eigenvalue weighted by Crippen LogP contribution is -2.65. The fourth-order valence-electron chi connectivity index (χ4n) is 9.77. The molecule has 3 aliphatic carbocycles. The van der Waals surface area contributed by atoms with E-state index >= 15 is 0 Å². The zero-order valence-corrected chi connectivity index (χ0v) is 41.6. The third-order valence-corrected chi connectivity index (χ3v) is 14.3. The van der Waals surface area contributed by atoms with Crippen molar-refractivity contribution < 1.29 is 57.9 Å². The Hall–Kier alpha value is -5.90. The average molecular weight is 975 g/mol. The van der Waals surface area contributed by atoms with Crippen LogP contribution in [0.15, 0.2) is 48.5 Å². The van der Waals surface area contributed by atoms with Gasteiger partial charge in [0.2, 0.25) is 41.4 Å². The van der Waals surface area contributed by atoms with E-state index in [0.717, 1.165) is 48.1 Å². The first-order valence-electron chi connectivity index (χ1n) is 24.1. The van der Waals surface area contributed by atoms with E-state index < -0.39 is 122 Å². The number of carbonyl (C=O) groups is 8. The van der Waals surface area contributed by atoms with Crippen molar-refractivity contribution in [2.24, 2.45) is 23.0 Å². The summed E-state index contributed by atoms with van der Waals surface area (Å²) < 4.78 is 12.7. The molecule has 10 N–H and O–H groups in total. The number of benzene rings is 2. The summed E-state index contributed by atoms with van der Waals surface area (Å²) in [6, 6.07) is 7.89. The molecule has 2 aromatic carbocycles. The van der Waals surface area contributed by atoms with Crippen LogP contribution in [0, 0.1) is 17.3 Å². The Morgan fingerprint density at radius 1 is 0.786 bits per heavy atom. The fraction of sp³-hybridized carbons (Fsp3) is 0.592. The molecular formula is C49H71BN8O12.